The summed E-state index contributed by atoms with van der Waals surface area (Å²) >= 11 is 0. The van der Waals surface area contributed by atoms with Crippen molar-refractivity contribution in [1.29, 1.82) is 0 Å². The number of benzene rings is 1. The van der Waals surface area contributed by atoms with Crippen molar-refractivity contribution >= 4 is 18.1 Å². The highest BCUT2D eigenvalue weighted by molar-refractivity contribution is 5.84. The van der Waals surface area contributed by atoms with Crippen LogP contribution in [0, 0.1) is 0 Å². The lowest BCUT2D eigenvalue weighted by Gasteiger charge is -1.92. The second kappa shape index (κ2) is 7.23. The maximum atomic E-state index is 9.60. The number of hydrogen-bond acceptors (Lipinski definition) is 1. The van der Waals surface area contributed by atoms with Crippen LogP contribution in [0.3, 0.4) is 0 Å². The van der Waals surface area contributed by atoms with Crippen molar-refractivity contribution in [3.8, 4) is 0 Å². The van der Waals surface area contributed by atoms with Gasteiger partial charge < -0.3 is 5.11 Å². The van der Waals surface area contributed by atoms with Crippen molar-refractivity contribution in [1.82, 2.24) is 0 Å². The molecular formula is C14H16O2. The van der Waals surface area contributed by atoms with Gasteiger partial charge in [0.2, 0.25) is 0 Å². The van der Waals surface area contributed by atoms with Gasteiger partial charge in [-0.25, -0.2) is 4.79 Å². The Labute approximate surface area is 96.2 Å². The second-order valence-electron chi connectivity index (χ2n) is 3.16. The summed E-state index contributed by atoms with van der Waals surface area (Å²) in [7, 11) is 0. The summed E-state index contributed by atoms with van der Waals surface area (Å²) in [5, 5.41) is 7.89. The number of hydrogen-bond donors (Lipinski definition) is 1. The minimum atomic E-state index is -0.935. The lowest BCUT2D eigenvalue weighted by atomic mass is 10.1. The first-order valence-electron chi connectivity index (χ1n) is 4.75. The lowest BCUT2D eigenvalue weighted by molar-refractivity contribution is -0.132. The molecule has 2 nitrogen and oxygen atoms in total. The van der Waals surface area contributed by atoms with Gasteiger partial charge in [0.05, 0.1) is 0 Å². The molecular weight excluding hydrogens is 200 g/mol. The smallest absolute Gasteiger partial charge is 0.330 e. The van der Waals surface area contributed by atoms with Crippen LogP contribution in [0.1, 0.15) is 18.1 Å². The molecule has 16 heavy (non-hydrogen) atoms. The molecule has 1 aromatic carbocycles. The van der Waals surface area contributed by atoms with Crippen LogP contribution in [0.25, 0.3) is 12.2 Å². The van der Waals surface area contributed by atoms with E-state index in [1.54, 1.807) is 0 Å². The predicted octanol–water partition coefficient (Wildman–Crippen LogP) is 3.62. The number of carboxylic acids is 1. The fourth-order valence-electron chi connectivity index (χ4n) is 0.768. The van der Waals surface area contributed by atoms with Gasteiger partial charge in [-0.05, 0) is 18.1 Å². The zero-order chi connectivity index (χ0) is 12.6. The average molecular weight is 216 g/mol. The fourth-order valence-corrected chi connectivity index (χ4v) is 0.768. The molecule has 0 saturated heterocycles. The normalized spacial score (nSPS) is 8.31. The molecule has 0 radical (unpaired) electrons. The molecule has 0 spiro atoms. The van der Waals surface area contributed by atoms with Gasteiger partial charge in [0, 0.05) is 5.57 Å². The Bertz CT molecular complexity index is 347. The first-order chi connectivity index (χ1) is 7.51. The third-order valence-electron chi connectivity index (χ3n) is 1.77. The third kappa shape index (κ3) is 5.60. The fraction of sp³-hybridized carbons (Fsp3) is 0.0714. The van der Waals surface area contributed by atoms with Crippen LogP contribution in [0.5, 0.6) is 0 Å². The Kier molecular flexibility index (Phi) is 6.29. The zero-order valence-corrected chi connectivity index (χ0v) is 9.44. The van der Waals surface area contributed by atoms with Crippen LogP contribution in [0.2, 0.25) is 0 Å². The molecule has 0 aliphatic rings. The van der Waals surface area contributed by atoms with Crippen molar-refractivity contribution in [3.63, 3.8) is 0 Å². The molecule has 0 saturated carbocycles. The summed E-state index contributed by atoms with van der Waals surface area (Å²) in [6, 6.07) is 8.07. The summed E-state index contributed by atoms with van der Waals surface area (Å²) in [4.78, 5) is 9.60. The van der Waals surface area contributed by atoms with E-state index >= 15 is 0 Å². The number of carbonyl (C=O) groups is 1. The maximum Gasteiger partial charge on any atom is 0.330 e. The van der Waals surface area contributed by atoms with E-state index in [1.807, 2.05) is 36.4 Å². The number of carboxylic acid groups (broad SMARTS) is 1. The molecule has 0 aliphatic carbocycles. The second-order valence-corrected chi connectivity index (χ2v) is 3.16. The number of aliphatic carboxylic acids is 1. The molecule has 0 fully saturated rings. The van der Waals surface area contributed by atoms with Gasteiger partial charge in [0.25, 0.3) is 0 Å². The SMILES string of the molecule is C=C(C)C(=O)O.C=Cc1ccc(C=C)cc1. The van der Waals surface area contributed by atoms with Crippen LogP contribution in [0.15, 0.2) is 49.6 Å². The zero-order valence-electron chi connectivity index (χ0n) is 9.44. The van der Waals surface area contributed by atoms with Crippen molar-refractivity contribution in [2.45, 2.75) is 6.92 Å². The molecule has 0 bridgehead atoms. The minimum absolute atomic E-state index is 0.176. The molecule has 0 amide bonds. The molecule has 0 heterocycles. The van der Waals surface area contributed by atoms with E-state index in [9.17, 15) is 4.79 Å². The van der Waals surface area contributed by atoms with Crippen molar-refractivity contribution in [2.75, 3.05) is 0 Å². The molecule has 1 rings (SSSR count). The largest absolute Gasteiger partial charge is 0.478 e. The van der Waals surface area contributed by atoms with Crippen molar-refractivity contribution in [2.24, 2.45) is 0 Å². The first kappa shape index (κ1) is 13.9. The van der Waals surface area contributed by atoms with Crippen LogP contribution in [-0.2, 0) is 4.79 Å². The lowest BCUT2D eigenvalue weighted by Crippen LogP contribution is -1.92. The third-order valence-corrected chi connectivity index (χ3v) is 1.77. The highest BCUT2D eigenvalue weighted by Gasteiger charge is 1.90. The Hall–Kier alpha value is -2.09. The molecule has 0 aromatic heterocycles. The molecule has 0 atom stereocenters. The summed E-state index contributed by atoms with van der Waals surface area (Å²) in [6.45, 7) is 11.9. The van der Waals surface area contributed by atoms with E-state index in [4.69, 9.17) is 5.11 Å². The molecule has 0 unspecified atom stereocenters. The summed E-state index contributed by atoms with van der Waals surface area (Å²) in [6.07, 6.45) is 3.65. The molecule has 1 aromatic rings. The maximum absolute atomic E-state index is 9.60. The van der Waals surface area contributed by atoms with Gasteiger partial charge in [-0.1, -0.05) is 56.2 Å². The Morgan fingerprint density at radius 2 is 1.38 bits per heavy atom. The predicted molar refractivity (Wildman–Crippen MR) is 69.1 cm³/mol. The first-order valence-corrected chi connectivity index (χ1v) is 4.75. The van der Waals surface area contributed by atoms with Crippen LogP contribution in [0.4, 0.5) is 0 Å². The summed E-state index contributed by atoms with van der Waals surface area (Å²) in [5.74, 6) is -0.935. The van der Waals surface area contributed by atoms with E-state index in [-0.39, 0.29) is 5.57 Å². The topological polar surface area (TPSA) is 37.3 Å². The van der Waals surface area contributed by atoms with E-state index in [1.165, 1.54) is 6.92 Å². The van der Waals surface area contributed by atoms with Gasteiger partial charge in [0.1, 0.15) is 0 Å². The molecule has 84 valence electrons. The van der Waals surface area contributed by atoms with E-state index < -0.39 is 5.97 Å². The monoisotopic (exact) mass is 216 g/mol. The summed E-state index contributed by atoms with van der Waals surface area (Å²) < 4.78 is 0. The molecule has 2 heteroatoms. The van der Waals surface area contributed by atoms with E-state index in [0.29, 0.717) is 0 Å². The average Bonchev–Trinajstić information content (AvgIpc) is 2.30. The van der Waals surface area contributed by atoms with Gasteiger partial charge in [-0.2, -0.15) is 0 Å². The number of rotatable bonds is 3. The Balaban J connectivity index is 0.000000325. The quantitative estimate of drug-likeness (QED) is 0.783. The standard InChI is InChI=1S/C10H10.C4H6O2/c1-3-9-5-7-10(4-2)8-6-9;1-3(2)4(5)6/h3-8H,1-2H2;1H2,2H3,(H,5,6). The molecule has 0 aliphatic heterocycles. The van der Waals surface area contributed by atoms with Gasteiger partial charge in [0.15, 0.2) is 0 Å². The van der Waals surface area contributed by atoms with Crippen LogP contribution in [-0.4, -0.2) is 11.1 Å². The molecule has 1 N–H and O–H groups in total. The Morgan fingerprint density at radius 1 is 1.12 bits per heavy atom. The van der Waals surface area contributed by atoms with E-state index in [2.05, 4.69) is 19.7 Å². The van der Waals surface area contributed by atoms with Crippen molar-refractivity contribution in [3.05, 3.63) is 60.7 Å². The minimum Gasteiger partial charge on any atom is -0.478 e. The van der Waals surface area contributed by atoms with Gasteiger partial charge in [-0.15, -0.1) is 0 Å². The van der Waals surface area contributed by atoms with Crippen LogP contribution >= 0.6 is 0 Å². The Morgan fingerprint density at radius 3 is 1.50 bits per heavy atom. The van der Waals surface area contributed by atoms with Crippen LogP contribution < -0.4 is 0 Å². The highest BCUT2D eigenvalue weighted by Crippen LogP contribution is 2.05. The summed E-state index contributed by atoms with van der Waals surface area (Å²) in [5.41, 5.74) is 2.46. The van der Waals surface area contributed by atoms with E-state index in [0.717, 1.165) is 11.1 Å². The van der Waals surface area contributed by atoms with Crippen molar-refractivity contribution < 1.29 is 9.90 Å². The van der Waals surface area contributed by atoms with Gasteiger partial charge in [-0.3, -0.25) is 0 Å². The highest BCUT2D eigenvalue weighted by atomic mass is 16.4. The van der Waals surface area contributed by atoms with Gasteiger partial charge >= 0.3 is 5.97 Å².